The van der Waals surface area contributed by atoms with E-state index in [1.165, 1.54) is 0 Å². The number of nitrogens with one attached hydrogen (secondary N) is 1. The van der Waals surface area contributed by atoms with Crippen molar-refractivity contribution in [1.82, 2.24) is 15.1 Å². The zero-order chi connectivity index (χ0) is 13.0. The van der Waals surface area contributed by atoms with Gasteiger partial charge in [-0.15, -0.1) is 0 Å². The first-order valence-corrected chi connectivity index (χ1v) is 5.81. The molecule has 0 saturated heterocycles. The van der Waals surface area contributed by atoms with E-state index in [0.717, 1.165) is 11.3 Å². The van der Waals surface area contributed by atoms with E-state index in [0.29, 0.717) is 30.7 Å². The molecule has 2 rings (SSSR count). The topological polar surface area (TPSA) is 73.1 Å². The summed E-state index contributed by atoms with van der Waals surface area (Å²) in [6.45, 7) is 6.84. The molecule has 6 nitrogen and oxygen atoms in total. The molecule has 2 heterocycles. The molecule has 0 unspecified atom stereocenters. The highest BCUT2D eigenvalue weighted by Gasteiger charge is 2.05. The fourth-order valence-electron chi connectivity index (χ4n) is 1.51. The monoisotopic (exact) mass is 248 g/mol. The zero-order valence-corrected chi connectivity index (χ0v) is 10.7. The summed E-state index contributed by atoms with van der Waals surface area (Å²) in [5.41, 5.74) is 1.88. The molecule has 1 N–H and O–H groups in total. The van der Waals surface area contributed by atoms with Gasteiger partial charge in [-0.25, -0.2) is 4.98 Å². The maximum absolute atomic E-state index is 5.36. The highest BCUT2D eigenvalue weighted by molar-refractivity contribution is 5.39. The summed E-state index contributed by atoms with van der Waals surface area (Å²) >= 11 is 0. The Balaban J connectivity index is 2.07. The van der Waals surface area contributed by atoms with Crippen LogP contribution in [0.5, 0.6) is 5.88 Å². The van der Waals surface area contributed by atoms with Gasteiger partial charge in [0, 0.05) is 11.6 Å². The van der Waals surface area contributed by atoms with Gasteiger partial charge in [-0.3, -0.25) is 0 Å². The van der Waals surface area contributed by atoms with Crippen LogP contribution in [0, 0.1) is 13.8 Å². The van der Waals surface area contributed by atoms with Gasteiger partial charge in [0.1, 0.15) is 23.6 Å². The van der Waals surface area contributed by atoms with Gasteiger partial charge in [-0.05, 0) is 20.8 Å². The Hall–Kier alpha value is -2.11. The molecular formula is C12H16N4O2. The van der Waals surface area contributed by atoms with Gasteiger partial charge in [0.05, 0.1) is 13.2 Å². The van der Waals surface area contributed by atoms with Gasteiger partial charge < -0.3 is 14.6 Å². The fourth-order valence-corrected chi connectivity index (χ4v) is 1.51. The molecule has 0 aliphatic carbocycles. The molecular weight excluding hydrogens is 232 g/mol. The number of nitrogens with zero attached hydrogens (tertiary/aromatic N) is 3. The van der Waals surface area contributed by atoms with E-state index in [2.05, 4.69) is 20.4 Å². The molecule has 96 valence electrons. The van der Waals surface area contributed by atoms with Crippen LogP contribution in [0.3, 0.4) is 0 Å². The van der Waals surface area contributed by atoms with Gasteiger partial charge in [-0.1, -0.05) is 5.16 Å². The minimum atomic E-state index is 0.560. The quantitative estimate of drug-likeness (QED) is 0.873. The van der Waals surface area contributed by atoms with Crippen molar-refractivity contribution in [2.24, 2.45) is 0 Å². The number of anilines is 1. The Labute approximate surface area is 105 Å². The Morgan fingerprint density at radius 2 is 2.17 bits per heavy atom. The van der Waals surface area contributed by atoms with Gasteiger partial charge >= 0.3 is 0 Å². The lowest BCUT2D eigenvalue weighted by atomic mass is 10.3. The minimum Gasteiger partial charge on any atom is -0.478 e. The average molecular weight is 248 g/mol. The molecule has 6 heteroatoms. The SMILES string of the molecule is CCOc1cc(NCc2nocc2C)nc(C)n1. The van der Waals surface area contributed by atoms with Gasteiger partial charge in [0.25, 0.3) is 0 Å². The average Bonchev–Trinajstić information content (AvgIpc) is 2.72. The van der Waals surface area contributed by atoms with Crippen LogP contribution < -0.4 is 10.1 Å². The molecule has 0 atom stereocenters. The largest absolute Gasteiger partial charge is 0.478 e. The lowest BCUT2D eigenvalue weighted by Gasteiger charge is -2.07. The van der Waals surface area contributed by atoms with Crippen molar-refractivity contribution < 1.29 is 9.26 Å². The summed E-state index contributed by atoms with van der Waals surface area (Å²) in [7, 11) is 0. The predicted octanol–water partition coefficient (Wildman–Crippen LogP) is 2.09. The second-order valence-electron chi connectivity index (χ2n) is 3.87. The van der Waals surface area contributed by atoms with Crippen LogP contribution in [0.25, 0.3) is 0 Å². The molecule has 18 heavy (non-hydrogen) atoms. The second kappa shape index (κ2) is 5.48. The standard InChI is InChI=1S/C12H16N4O2/c1-4-17-12-5-11(14-9(3)15-12)13-6-10-8(2)7-18-16-10/h5,7H,4,6H2,1-3H3,(H,13,14,15). The summed E-state index contributed by atoms with van der Waals surface area (Å²) in [5.74, 6) is 1.96. The normalized spacial score (nSPS) is 10.4. The van der Waals surface area contributed by atoms with Crippen LogP contribution in [0.4, 0.5) is 5.82 Å². The first-order chi connectivity index (χ1) is 8.69. The Morgan fingerprint density at radius 1 is 1.33 bits per heavy atom. The third kappa shape index (κ3) is 2.97. The lowest BCUT2D eigenvalue weighted by Crippen LogP contribution is -2.05. The number of hydrogen-bond acceptors (Lipinski definition) is 6. The number of rotatable bonds is 5. The van der Waals surface area contributed by atoms with E-state index < -0.39 is 0 Å². The van der Waals surface area contributed by atoms with Gasteiger partial charge in [-0.2, -0.15) is 4.98 Å². The molecule has 0 bridgehead atoms. The van der Waals surface area contributed by atoms with Crippen molar-refractivity contribution in [2.75, 3.05) is 11.9 Å². The van der Waals surface area contributed by atoms with Crippen molar-refractivity contribution in [1.29, 1.82) is 0 Å². The second-order valence-corrected chi connectivity index (χ2v) is 3.87. The Bertz CT molecular complexity index is 525. The highest BCUT2D eigenvalue weighted by Crippen LogP contribution is 2.14. The fraction of sp³-hybridized carbons (Fsp3) is 0.417. The summed E-state index contributed by atoms with van der Waals surface area (Å²) in [6, 6.07) is 1.77. The highest BCUT2D eigenvalue weighted by atomic mass is 16.5. The number of hydrogen-bond donors (Lipinski definition) is 1. The van der Waals surface area contributed by atoms with Crippen LogP contribution in [0.2, 0.25) is 0 Å². The maximum Gasteiger partial charge on any atom is 0.218 e. The smallest absolute Gasteiger partial charge is 0.218 e. The van der Waals surface area contributed by atoms with Crippen LogP contribution in [0.15, 0.2) is 16.9 Å². The van der Waals surface area contributed by atoms with E-state index in [1.807, 2.05) is 20.8 Å². The third-order valence-electron chi connectivity index (χ3n) is 2.39. The van der Waals surface area contributed by atoms with Crippen LogP contribution in [0.1, 0.15) is 24.0 Å². The van der Waals surface area contributed by atoms with E-state index in [4.69, 9.17) is 9.26 Å². The Kier molecular flexibility index (Phi) is 3.76. The minimum absolute atomic E-state index is 0.560. The zero-order valence-electron chi connectivity index (χ0n) is 10.7. The first kappa shape index (κ1) is 12.3. The summed E-state index contributed by atoms with van der Waals surface area (Å²) in [4.78, 5) is 8.46. The van der Waals surface area contributed by atoms with E-state index in [9.17, 15) is 0 Å². The number of aromatic nitrogens is 3. The summed E-state index contributed by atoms with van der Waals surface area (Å²) < 4.78 is 10.2. The molecule has 2 aromatic heterocycles. The molecule has 0 aromatic carbocycles. The molecule has 0 aliphatic heterocycles. The molecule has 0 saturated carbocycles. The predicted molar refractivity (Wildman–Crippen MR) is 66.5 cm³/mol. The van der Waals surface area contributed by atoms with Gasteiger partial charge in [0.15, 0.2) is 0 Å². The van der Waals surface area contributed by atoms with Gasteiger partial charge in [0.2, 0.25) is 5.88 Å². The number of aryl methyl sites for hydroxylation is 2. The Morgan fingerprint density at radius 3 is 2.83 bits per heavy atom. The molecule has 2 aromatic rings. The molecule has 0 amide bonds. The van der Waals surface area contributed by atoms with E-state index in [1.54, 1.807) is 12.3 Å². The van der Waals surface area contributed by atoms with Crippen molar-refractivity contribution in [3.63, 3.8) is 0 Å². The maximum atomic E-state index is 5.36. The molecule has 0 radical (unpaired) electrons. The van der Waals surface area contributed by atoms with Crippen LogP contribution in [-0.4, -0.2) is 21.7 Å². The van der Waals surface area contributed by atoms with E-state index in [-0.39, 0.29) is 0 Å². The molecule has 0 aliphatic rings. The van der Waals surface area contributed by atoms with Crippen molar-refractivity contribution in [3.8, 4) is 5.88 Å². The summed E-state index contributed by atoms with van der Waals surface area (Å²) in [5, 5.41) is 7.07. The van der Waals surface area contributed by atoms with Crippen molar-refractivity contribution in [3.05, 3.63) is 29.4 Å². The van der Waals surface area contributed by atoms with Crippen molar-refractivity contribution >= 4 is 5.82 Å². The van der Waals surface area contributed by atoms with E-state index >= 15 is 0 Å². The first-order valence-electron chi connectivity index (χ1n) is 5.81. The van der Waals surface area contributed by atoms with Crippen LogP contribution in [-0.2, 0) is 6.54 Å². The third-order valence-corrected chi connectivity index (χ3v) is 2.39. The number of ether oxygens (including phenoxy) is 1. The van der Waals surface area contributed by atoms with Crippen molar-refractivity contribution in [2.45, 2.75) is 27.3 Å². The lowest BCUT2D eigenvalue weighted by molar-refractivity contribution is 0.325. The van der Waals surface area contributed by atoms with Crippen LogP contribution >= 0.6 is 0 Å². The summed E-state index contributed by atoms with van der Waals surface area (Å²) in [6.07, 6.45) is 1.62. The molecule has 0 spiro atoms. The molecule has 0 fully saturated rings.